The fourth-order valence-corrected chi connectivity index (χ4v) is 1.64. The van der Waals surface area contributed by atoms with Crippen LogP contribution in [0.1, 0.15) is 32.1 Å². The highest BCUT2D eigenvalue weighted by Crippen LogP contribution is 2.10. The van der Waals surface area contributed by atoms with Gasteiger partial charge >= 0.3 is 11.9 Å². The molecule has 0 aliphatic carbocycles. The Balaban J connectivity index is 3.33. The number of thiol groups is 1. The van der Waals surface area contributed by atoms with E-state index in [9.17, 15) is 9.59 Å². The lowest BCUT2D eigenvalue weighted by Gasteiger charge is -2.10. The van der Waals surface area contributed by atoms with Gasteiger partial charge in [-0.1, -0.05) is 32.4 Å². The maximum atomic E-state index is 10.8. The van der Waals surface area contributed by atoms with Crippen molar-refractivity contribution in [3.05, 3.63) is 25.3 Å². The highest BCUT2D eigenvalue weighted by Gasteiger charge is 2.05. The molecule has 5 heteroatoms. The predicted molar refractivity (Wildman–Crippen MR) is 78.2 cm³/mol. The maximum absolute atomic E-state index is 10.8. The minimum atomic E-state index is -0.414. The van der Waals surface area contributed by atoms with E-state index < -0.39 is 5.97 Å². The molecule has 0 fully saturated rings. The highest BCUT2D eigenvalue weighted by atomic mass is 32.1. The summed E-state index contributed by atoms with van der Waals surface area (Å²) in [6.45, 7) is 7.39. The smallest absolute Gasteiger partial charge is 0.330 e. The zero-order valence-corrected chi connectivity index (χ0v) is 12.1. The van der Waals surface area contributed by atoms with Crippen molar-refractivity contribution < 1.29 is 19.1 Å². The molecule has 0 amide bonds. The van der Waals surface area contributed by atoms with E-state index in [-0.39, 0.29) is 11.2 Å². The van der Waals surface area contributed by atoms with Crippen LogP contribution in [0.25, 0.3) is 0 Å². The molecule has 1 atom stereocenters. The van der Waals surface area contributed by atoms with Crippen molar-refractivity contribution >= 4 is 24.6 Å². The first kappa shape index (κ1) is 17.8. The van der Waals surface area contributed by atoms with Gasteiger partial charge in [-0.05, 0) is 12.8 Å². The lowest BCUT2D eigenvalue weighted by Crippen LogP contribution is -2.12. The van der Waals surface area contributed by atoms with Gasteiger partial charge < -0.3 is 9.47 Å². The van der Waals surface area contributed by atoms with Crippen molar-refractivity contribution in [2.75, 3.05) is 13.2 Å². The van der Waals surface area contributed by atoms with Gasteiger partial charge in [0, 0.05) is 17.4 Å². The number of carbonyl (C=O) groups is 2. The van der Waals surface area contributed by atoms with Gasteiger partial charge in [-0.15, -0.1) is 0 Å². The fraction of sp³-hybridized carbons (Fsp3) is 0.571. The molecular formula is C14H22O4S. The number of unbranched alkanes of at least 4 members (excludes halogenated alkanes) is 3. The molecular weight excluding hydrogens is 264 g/mol. The first-order valence-corrected chi connectivity index (χ1v) is 6.88. The summed E-state index contributed by atoms with van der Waals surface area (Å²) < 4.78 is 9.74. The summed E-state index contributed by atoms with van der Waals surface area (Å²) in [5.74, 6) is -0.789. The van der Waals surface area contributed by atoms with Gasteiger partial charge in [0.05, 0.1) is 6.61 Å². The zero-order valence-electron chi connectivity index (χ0n) is 11.2. The van der Waals surface area contributed by atoms with Crippen LogP contribution >= 0.6 is 12.6 Å². The minimum absolute atomic E-state index is 0.0579. The molecule has 0 bridgehead atoms. The average Bonchev–Trinajstić information content (AvgIpc) is 2.43. The number of ether oxygens (including phenoxy) is 2. The Morgan fingerprint density at radius 2 is 1.58 bits per heavy atom. The molecule has 4 nitrogen and oxygen atoms in total. The summed E-state index contributed by atoms with van der Waals surface area (Å²) in [5.41, 5.74) is 0. The third-order valence-electron chi connectivity index (χ3n) is 2.43. The van der Waals surface area contributed by atoms with Gasteiger partial charge in [-0.25, -0.2) is 9.59 Å². The van der Waals surface area contributed by atoms with Crippen molar-refractivity contribution in [1.82, 2.24) is 0 Å². The Bertz CT molecular complexity index is 302. The lowest BCUT2D eigenvalue weighted by atomic mass is 10.1. The van der Waals surface area contributed by atoms with E-state index in [1.165, 1.54) is 0 Å². The Morgan fingerprint density at radius 1 is 1.00 bits per heavy atom. The fourth-order valence-electron chi connectivity index (χ4n) is 1.39. The summed E-state index contributed by atoms with van der Waals surface area (Å²) in [7, 11) is 0. The predicted octanol–water partition coefficient (Wildman–Crippen LogP) is 2.69. The van der Waals surface area contributed by atoms with E-state index >= 15 is 0 Å². The molecule has 0 saturated heterocycles. The van der Waals surface area contributed by atoms with Crippen molar-refractivity contribution in [2.24, 2.45) is 0 Å². The third-order valence-corrected chi connectivity index (χ3v) is 2.83. The van der Waals surface area contributed by atoms with E-state index in [0.29, 0.717) is 13.2 Å². The van der Waals surface area contributed by atoms with E-state index in [2.05, 4.69) is 25.8 Å². The SMILES string of the molecule is C=CC(=O)OCCCCCCC(S)COC(=O)C=C. The Kier molecular flexibility index (Phi) is 11.1. The standard InChI is InChI=1S/C14H22O4S/c1-3-13(15)17-10-8-6-5-7-9-12(19)11-18-14(16)4-2/h3-4,12,19H,1-2,5-11H2. The monoisotopic (exact) mass is 286 g/mol. The van der Waals surface area contributed by atoms with Gasteiger partial charge in [-0.3, -0.25) is 0 Å². The van der Waals surface area contributed by atoms with Crippen LogP contribution in [0.3, 0.4) is 0 Å². The summed E-state index contributed by atoms with van der Waals surface area (Å²) in [4.78, 5) is 21.6. The number of esters is 2. The summed E-state index contributed by atoms with van der Waals surface area (Å²) in [6.07, 6.45) is 7.09. The third kappa shape index (κ3) is 11.6. The van der Waals surface area contributed by atoms with Crippen LogP contribution in [0.2, 0.25) is 0 Å². The second-order valence-electron chi connectivity index (χ2n) is 4.06. The van der Waals surface area contributed by atoms with Crippen LogP contribution in [0.5, 0.6) is 0 Å². The van der Waals surface area contributed by atoms with Crippen molar-refractivity contribution in [1.29, 1.82) is 0 Å². The van der Waals surface area contributed by atoms with Crippen molar-refractivity contribution in [3.63, 3.8) is 0 Å². The molecule has 0 aromatic carbocycles. The largest absolute Gasteiger partial charge is 0.463 e. The van der Waals surface area contributed by atoms with Crippen molar-refractivity contribution in [3.8, 4) is 0 Å². The van der Waals surface area contributed by atoms with Crippen LogP contribution in [-0.2, 0) is 19.1 Å². The second-order valence-corrected chi connectivity index (χ2v) is 4.79. The number of carbonyl (C=O) groups excluding carboxylic acids is 2. The summed E-state index contributed by atoms with van der Waals surface area (Å²) in [6, 6.07) is 0. The van der Waals surface area contributed by atoms with Gasteiger partial charge in [-0.2, -0.15) is 12.6 Å². The molecule has 0 heterocycles. The molecule has 0 radical (unpaired) electrons. The van der Waals surface area contributed by atoms with Crippen molar-refractivity contribution in [2.45, 2.75) is 37.4 Å². The highest BCUT2D eigenvalue weighted by molar-refractivity contribution is 7.81. The normalized spacial score (nSPS) is 11.4. The molecule has 0 aliphatic heterocycles. The Labute approximate surface area is 120 Å². The van der Waals surface area contributed by atoms with E-state index in [1.807, 2.05) is 0 Å². The Hall–Kier alpha value is -1.23. The summed E-state index contributed by atoms with van der Waals surface area (Å²) in [5, 5.41) is 0.0579. The number of hydrogen-bond acceptors (Lipinski definition) is 5. The van der Waals surface area contributed by atoms with E-state index in [1.54, 1.807) is 0 Å². The first-order chi connectivity index (χ1) is 9.10. The van der Waals surface area contributed by atoms with Crippen LogP contribution < -0.4 is 0 Å². The number of rotatable bonds is 11. The first-order valence-electron chi connectivity index (χ1n) is 6.36. The van der Waals surface area contributed by atoms with E-state index in [0.717, 1.165) is 44.3 Å². The number of hydrogen-bond donors (Lipinski definition) is 1. The van der Waals surface area contributed by atoms with Gasteiger partial charge in [0.2, 0.25) is 0 Å². The molecule has 19 heavy (non-hydrogen) atoms. The average molecular weight is 286 g/mol. The molecule has 0 aliphatic rings. The summed E-state index contributed by atoms with van der Waals surface area (Å²) >= 11 is 4.33. The molecule has 0 aromatic rings. The lowest BCUT2D eigenvalue weighted by molar-refractivity contribution is -0.138. The quantitative estimate of drug-likeness (QED) is 0.275. The maximum Gasteiger partial charge on any atom is 0.330 e. The molecule has 0 spiro atoms. The van der Waals surface area contributed by atoms with Crippen LogP contribution in [0.4, 0.5) is 0 Å². The molecule has 1 unspecified atom stereocenters. The van der Waals surface area contributed by atoms with Gasteiger partial charge in [0.25, 0.3) is 0 Å². The molecule has 0 rings (SSSR count). The topological polar surface area (TPSA) is 52.6 Å². The molecule has 0 aromatic heterocycles. The molecule has 108 valence electrons. The second kappa shape index (κ2) is 11.8. The Morgan fingerprint density at radius 3 is 2.21 bits per heavy atom. The molecule has 0 saturated carbocycles. The van der Waals surface area contributed by atoms with Crippen LogP contribution in [0.15, 0.2) is 25.3 Å². The van der Waals surface area contributed by atoms with Gasteiger partial charge in [0.1, 0.15) is 6.61 Å². The zero-order chi connectivity index (χ0) is 14.5. The van der Waals surface area contributed by atoms with Gasteiger partial charge in [0.15, 0.2) is 0 Å². The van der Waals surface area contributed by atoms with Crippen LogP contribution in [0, 0.1) is 0 Å². The van der Waals surface area contributed by atoms with E-state index in [4.69, 9.17) is 9.47 Å². The van der Waals surface area contributed by atoms with Crippen LogP contribution in [-0.4, -0.2) is 30.4 Å². The molecule has 0 N–H and O–H groups in total. The minimum Gasteiger partial charge on any atom is -0.463 e.